The first-order valence-electron chi connectivity index (χ1n) is 8.68. The van der Waals surface area contributed by atoms with Crippen LogP contribution in [0.2, 0.25) is 0 Å². The molecule has 1 atom stereocenters. The minimum absolute atomic E-state index is 0.0811. The van der Waals surface area contributed by atoms with Crippen molar-refractivity contribution in [2.45, 2.75) is 19.9 Å². The van der Waals surface area contributed by atoms with Gasteiger partial charge in [-0.2, -0.15) is 5.10 Å². The quantitative estimate of drug-likeness (QED) is 0.469. The Morgan fingerprint density at radius 2 is 1.93 bits per heavy atom. The number of amides is 1. The molecule has 0 aromatic carbocycles. The summed E-state index contributed by atoms with van der Waals surface area (Å²) in [5.41, 5.74) is 2.47. The molecule has 2 aromatic rings. The largest absolute Gasteiger partial charge is 0.507 e. The van der Waals surface area contributed by atoms with Crippen LogP contribution in [-0.2, 0) is 9.59 Å². The van der Waals surface area contributed by atoms with Crippen LogP contribution in [0.1, 0.15) is 28.6 Å². The van der Waals surface area contributed by atoms with Crippen LogP contribution >= 0.6 is 0 Å². The van der Waals surface area contributed by atoms with Crippen LogP contribution < -0.4 is 0 Å². The van der Waals surface area contributed by atoms with Gasteiger partial charge in [-0.25, -0.2) is 0 Å². The fraction of sp³-hybridized carbons (Fsp3) is 0.368. The maximum Gasteiger partial charge on any atom is 0.295 e. The molecular formula is C19H23N5O3. The molecule has 2 aromatic heterocycles. The summed E-state index contributed by atoms with van der Waals surface area (Å²) in [6, 6.07) is 2.84. The zero-order valence-corrected chi connectivity index (χ0v) is 15.9. The Balaban J connectivity index is 2.17. The van der Waals surface area contributed by atoms with Gasteiger partial charge in [0.25, 0.3) is 11.7 Å². The maximum absolute atomic E-state index is 12.8. The van der Waals surface area contributed by atoms with E-state index in [0.29, 0.717) is 30.0 Å². The number of H-pyrrole nitrogens is 1. The van der Waals surface area contributed by atoms with E-state index in [-0.39, 0.29) is 11.3 Å². The van der Waals surface area contributed by atoms with E-state index >= 15 is 0 Å². The van der Waals surface area contributed by atoms with Gasteiger partial charge in [0.15, 0.2) is 0 Å². The van der Waals surface area contributed by atoms with Crippen LogP contribution in [0, 0.1) is 13.8 Å². The number of hydrogen-bond donors (Lipinski definition) is 2. The first kappa shape index (κ1) is 18.8. The van der Waals surface area contributed by atoms with E-state index in [0.717, 1.165) is 5.56 Å². The van der Waals surface area contributed by atoms with E-state index in [2.05, 4.69) is 15.2 Å². The average molecular weight is 369 g/mol. The van der Waals surface area contributed by atoms with Crippen molar-refractivity contribution in [3.8, 4) is 0 Å². The van der Waals surface area contributed by atoms with Crippen molar-refractivity contribution in [3.05, 3.63) is 52.6 Å². The third-order valence-corrected chi connectivity index (χ3v) is 4.71. The number of carbonyl (C=O) groups excluding carboxylic acids is 2. The zero-order valence-electron chi connectivity index (χ0n) is 15.9. The number of aryl methyl sites for hydroxylation is 2. The second-order valence-electron chi connectivity index (χ2n) is 6.89. The Morgan fingerprint density at radius 3 is 2.48 bits per heavy atom. The lowest BCUT2D eigenvalue weighted by Crippen LogP contribution is -2.35. The summed E-state index contributed by atoms with van der Waals surface area (Å²) in [7, 11) is 3.80. The van der Waals surface area contributed by atoms with Crippen LogP contribution in [0.4, 0.5) is 0 Å². The number of ketones is 1. The summed E-state index contributed by atoms with van der Waals surface area (Å²) in [6.45, 7) is 4.46. The number of aliphatic hydroxyl groups is 1. The first-order chi connectivity index (χ1) is 12.8. The van der Waals surface area contributed by atoms with Crippen molar-refractivity contribution in [2.24, 2.45) is 0 Å². The minimum Gasteiger partial charge on any atom is -0.507 e. The van der Waals surface area contributed by atoms with Gasteiger partial charge in [0.2, 0.25) is 0 Å². The summed E-state index contributed by atoms with van der Waals surface area (Å²) >= 11 is 0. The van der Waals surface area contributed by atoms with E-state index in [4.69, 9.17) is 0 Å². The predicted octanol–water partition coefficient (Wildman–Crippen LogP) is 1.40. The number of likely N-dealkylation sites (N-methyl/N-ethyl adjacent to an activating group) is 1. The molecule has 0 bridgehead atoms. The number of aromatic nitrogens is 3. The Labute approximate surface area is 157 Å². The molecule has 0 spiro atoms. The molecule has 1 amide bonds. The van der Waals surface area contributed by atoms with Crippen molar-refractivity contribution in [3.63, 3.8) is 0 Å². The average Bonchev–Trinajstić information content (AvgIpc) is 3.10. The minimum atomic E-state index is -0.687. The molecule has 142 valence electrons. The highest BCUT2D eigenvalue weighted by molar-refractivity contribution is 6.46. The Bertz CT molecular complexity index is 882. The zero-order chi connectivity index (χ0) is 19.7. The Kier molecular flexibility index (Phi) is 5.09. The lowest BCUT2D eigenvalue weighted by molar-refractivity contribution is -0.140. The fourth-order valence-corrected chi connectivity index (χ4v) is 3.35. The summed E-state index contributed by atoms with van der Waals surface area (Å²) in [6.07, 6.45) is 3.21. The SMILES string of the molecule is Cc1n[nH]c(C)c1/C(O)=C1\C(=O)C(=O)N(CCN(C)C)[C@@H]1c1ccncc1. The van der Waals surface area contributed by atoms with E-state index in [9.17, 15) is 14.7 Å². The molecule has 3 heterocycles. The number of nitrogens with one attached hydrogen (secondary N) is 1. The number of Topliss-reactive ketones (excluding diaryl/α,β-unsaturated/α-hetero) is 1. The molecule has 1 aliphatic rings. The van der Waals surface area contributed by atoms with Crippen LogP contribution in [-0.4, -0.2) is 69.0 Å². The van der Waals surface area contributed by atoms with Gasteiger partial charge in [-0.1, -0.05) is 0 Å². The van der Waals surface area contributed by atoms with Crippen molar-refractivity contribution < 1.29 is 14.7 Å². The number of rotatable bonds is 5. The van der Waals surface area contributed by atoms with Gasteiger partial charge in [-0.05, 0) is 45.6 Å². The number of likely N-dealkylation sites (tertiary alicyclic amines) is 1. The van der Waals surface area contributed by atoms with Crippen molar-refractivity contribution in [2.75, 3.05) is 27.2 Å². The van der Waals surface area contributed by atoms with E-state index in [1.165, 1.54) is 4.90 Å². The molecule has 0 saturated carbocycles. The van der Waals surface area contributed by atoms with Gasteiger partial charge in [0.05, 0.1) is 22.9 Å². The standard InChI is InChI=1S/C19H23N5O3/c1-11-14(12(2)22-21-11)17(25)15-16(13-5-7-20-8-6-13)24(10-9-23(3)4)19(27)18(15)26/h5-8,16,25H,9-10H2,1-4H3,(H,21,22)/b17-15+/t16-/m1/s1. The summed E-state index contributed by atoms with van der Waals surface area (Å²) in [4.78, 5) is 33.0. The van der Waals surface area contributed by atoms with Crippen LogP contribution in [0.25, 0.3) is 5.76 Å². The highest BCUT2D eigenvalue weighted by atomic mass is 16.3. The van der Waals surface area contributed by atoms with Crippen molar-refractivity contribution in [1.29, 1.82) is 0 Å². The number of aliphatic hydroxyl groups excluding tert-OH is 1. The molecule has 3 rings (SSSR count). The van der Waals surface area contributed by atoms with Gasteiger partial charge in [0.1, 0.15) is 5.76 Å². The van der Waals surface area contributed by atoms with Crippen molar-refractivity contribution in [1.82, 2.24) is 25.0 Å². The highest BCUT2D eigenvalue weighted by Crippen LogP contribution is 2.39. The lowest BCUT2D eigenvalue weighted by Gasteiger charge is -2.26. The molecule has 1 fully saturated rings. The molecule has 8 heteroatoms. The van der Waals surface area contributed by atoms with Gasteiger partial charge in [-0.15, -0.1) is 0 Å². The molecule has 8 nitrogen and oxygen atoms in total. The summed E-state index contributed by atoms with van der Waals surface area (Å²) < 4.78 is 0. The first-order valence-corrected chi connectivity index (χ1v) is 8.68. The second-order valence-corrected chi connectivity index (χ2v) is 6.89. The van der Waals surface area contributed by atoms with Gasteiger partial charge in [-0.3, -0.25) is 19.7 Å². The Morgan fingerprint density at radius 1 is 1.26 bits per heavy atom. The lowest BCUT2D eigenvalue weighted by atomic mass is 9.95. The molecule has 0 radical (unpaired) electrons. The molecule has 0 aliphatic carbocycles. The predicted molar refractivity (Wildman–Crippen MR) is 99.9 cm³/mol. The normalized spacial score (nSPS) is 19.3. The summed E-state index contributed by atoms with van der Waals surface area (Å²) in [5, 5.41) is 17.9. The van der Waals surface area contributed by atoms with Crippen LogP contribution in [0.15, 0.2) is 30.1 Å². The Hall–Kier alpha value is -3.00. The maximum atomic E-state index is 12.8. The topological polar surface area (TPSA) is 102 Å². The third-order valence-electron chi connectivity index (χ3n) is 4.71. The monoisotopic (exact) mass is 369 g/mol. The van der Waals surface area contributed by atoms with Crippen molar-refractivity contribution >= 4 is 17.4 Å². The third kappa shape index (κ3) is 3.35. The number of aromatic amines is 1. The molecular weight excluding hydrogens is 346 g/mol. The molecule has 2 N–H and O–H groups in total. The number of nitrogens with zero attached hydrogens (tertiary/aromatic N) is 4. The van der Waals surface area contributed by atoms with E-state index < -0.39 is 17.7 Å². The van der Waals surface area contributed by atoms with Crippen LogP contribution in [0.3, 0.4) is 0 Å². The molecule has 1 saturated heterocycles. The van der Waals surface area contributed by atoms with Gasteiger partial charge in [0, 0.05) is 31.2 Å². The second kappa shape index (κ2) is 7.32. The summed E-state index contributed by atoms with van der Waals surface area (Å²) in [5.74, 6) is -1.50. The van der Waals surface area contributed by atoms with E-state index in [1.54, 1.807) is 38.4 Å². The molecule has 1 aliphatic heterocycles. The smallest absolute Gasteiger partial charge is 0.295 e. The highest BCUT2D eigenvalue weighted by Gasteiger charge is 2.46. The van der Waals surface area contributed by atoms with E-state index in [1.807, 2.05) is 19.0 Å². The number of pyridine rings is 1. The fourth-order valence-electron chi connectivity index (χ4n) is 3.35. The number of hydrogen-bond acceptors (Lipinski definition) is 6. The molecule has 0 unspecified atom stereocenters. The van der Waals surface area contributed by atoms with Crippen LogP contribution in [0.5, 0.6) is 0 Å². The number of carbonyl (C=O) groups is 2. The molecule has 27 heavy (non-hydrogen) atoms. The van der Waals surface area contributed by atoms with Gasteiger partial charge < -0.3 is 14.9 Å². The van der Waals surface area contributed by atoms with Gasteiger partial charge >= 0.3 is 0 Å².